The van der Waals surface area contributed by atoms with Gasteiger partial charge in [-0.05, 0) is 78.9 Å². The Kier molecular flexibility index (Phi) is 9.63. The fourth-order valence-electron chi connectivity index (χ4n) is 4.18. The van der Waals surface area contributed by atoms with Gasteiger partial charge < -0.3 is 30.0 Å². The first kappa shape index (κ1) is 28.2. The van der Waals surface area contributed by atoms with Crippen molar-refractivity contribution in [2.45, 2.75) is 39.0 Å². The average Bonchev–Trinajstić information content (AvgIpc) is 2.93. The van der Waals surface area contributed by atoms with Crippen LogP contribution >= 0.6 is 0 Å². The number of unbranched alkanes of at least 4 members (excludes halogenated alkanes) is 1. The maximum absolute atomic E-state index is 8.83. The number of pyridine rings is 1. The molecule has 0 aliphatic carbocycles. The number of hydrogen-bond donors (Lipinski definition) is 3. The van der Waals surface area contributed by atoms with E-state index in [0.29, 0.717) is 30.4 Å². The molecule has 39 heavy (non-hydrogen) atoms. The minimum absolute atomic E-state index is 0.131. The first-order chi connectivity index (χ1) is 18.9. The van der Waals surface area contributed by atoms with Crippen molar-refractivity contribution in [3.63, 3.8) is 0 Å². The molecule has 1 aromatic heterocycles. The molecule has 0 amide bonds. The molecule has 0 radical (unpaired) electrons. The molecule has 0 unspecified atom stereocenters. The van der Waals surface area contributed by atoms with Gasteiger partial charge in [-0.3, -0.25) is 4.98 Å². The summed E-state index contributed by atoms with van der Waals surface area (Å²) in [5.41, 5.74) is 4.23. The Morgan fingerprint density at radius 3 is 2.21 bits per heavy atom. The van der Waals surface area contributed by atoms with E-state index in [1.165, 1.54) is 5.56 Å². The summed E-state index contributed by atoms with van der Waals surface area (Å²) in [5.74, 6) is 2.71. The van der Waals surface area contributed by atoms with Gasteiger partial charge in [-0.1, -0.05) is 32.9 Å². The molecular formula is C32H39N3O4. The van der Waals surface area contributed by atoms with E-state index >= 15 is 0 Å². The van der Waals surface area contributed by atoms with E-state index in [-0.39, 0.29) is 12.0 Å². The molecule has 3 aromatic carbocycles. The van der Waals surface area contributed by atoms with Crippen LogP contribution in [-0.4, -0.2) is 43.5 Å². The van der Waals surface area contributed by atoms with Crippen LogP contribution in [0.25, 0.3) is 10.9 Å². The molecule has 1 heterocycles. The summed E-state index contributed by atoms with van der Waals surface area (Å²) < 4.78 is 17.9. The third-order valence-electron chi connectivity index (χ3n) is 6.40. The standard InChI is InChI=1S/C32H39N3O4/c1-32(2,3)23-7-9-24(10-8-23)35-25-11-13-26(14-12-25)39-29-15-17-34-28-22-31(30(37-4)21-27(28)29)38-20-6-5-16-33-18-19-36/h7-15,17,21-22,33,35-36H,5-6,16,18-20H2,1-4H3. The number of benzene rings is 3. The molecule has 0 aliphatic rings. The average molecular weight is 530 g/mol. The third-order valence-corrected chi connectivity index (χ3v) is 6.40. The minimum atomic E-state index is 0.131. The Balaban J connectivity index is 1.41. The molecule has 4 aromatic rings. The number of aliphatic hydroxyl groups excluding tert-OH is 1. The quantitative estimate of drug-likeness (QED) is 0.164. The van der Waals surface area contributed by atoms with Gasteiger partial charge in [0.05, 0.1) is 25.8 Å². The summed E-state index contributed by atoms with van der Waals surface area (Å²) in [6.07, 6.45) is 3.59. The fourth-order valence-corrected chi connectivity index (χ4v) is 4.18. The van der Waals surface area contributed by atoms with Crippen molar-refractivity contribution in [1.29, 1.82) is 0 Å². The van der Waals surface area contributed by atoms with Crippen molar-refractivity contribution < 1.29 is 19.3 Å². The summed E-state index contributed by atoms with van der Waals surface area (Å²) in [6, 6.07) is 22.1. The zero-order chi connectivity index (χ0) is 27.7. The van der Waals surface area contributed by atoms with Crippen molar-refractivity contribution in [1.82, 2.24) is 10.3 Å². The number of fused-ring (bicyclic) bond motifs is 1. The van der Waals surface area contributed by atoms with Crippen LogP contribution in [0.1, 0.15) is 39.2 Å². The van der Waals surface area contributed by atoms with Gasteiger partial charge in [0.1, 0.15) is 11.5 Å². The molecule has 4 rings (SSSR count). The molecule has 206 valence electrons. The molecule has 0 spiro atoms. The number of rotatable bonds is 13. The molecule has 0 aliphatic heterocycles. The predicted octanol–water partition coefficient (Wildman–Crippen LogP) is 6.82. The van der Waals surface area contributed by atoms with Gasteiger partial charge in [0.25, 0.3) is 0 Å². The van der Waals surface area contributed by atoms with Gasteiger partial charge in [-0.2, -0.15) is 0 Å². The number of aliphatic hydroxyl groups is 1. The maximum Gasteiger partial charge on any atom is 0.163 e. The van der Waals surface area contributed by atoms with Gasteiger partial charge in [0.15, 0.2) is 11.5 Å². The molecule has 0 atom stereocenters. The summed E-state index contributed by atoms with van der Waals surface area (Å²) >= 11 is 0. The molecular weight excluding hydrogens is 490 g/mol. The Labute approximate surface area is 231 Å². The second kappa shape index (κ2) is 13.3. The van der Waals surface area contributed by atoms with Gasteiger partial charge in [0, 0.05) is 35.6 Å². The van der Waals surface area contributed by atoms with E-state index in [0.717, 1.165) is 47.4 Å². The van der Waals surface area contributed by atoms with Gasteiger partial charge in [-0.25, -0.2) is 0 Å². The first-order valence-electron chi connectivity index (χ1n) is 13.4. The van der Waals surface area contributed by atoms with Crippen LogP contribution in [0, 0.1) is 0 Å². The Bertz CT molecular complexity index is 1330. The zero-order valence-electron chi connectivity index (χ0n) is 23.3. The normalized spacial score (nSPS) is 11.4. The van der Waals surface area contributed by atoms with E-state index in [1.807, 2.05) is 42.5 Å². The number of hydrogen-bond acceptors (Lipinski definition) is 7. The Hall–Kier alpha value is -3.81. The lowest BCUT2D eigenvalue weighted by Gasteiger charge is -2.19. The zero-order valence-corrected chi connectivity index (χ0v) is 23.3. The third kappa shape index (κ3) is 7.85. The molecule has 0 saturated heterocycles. The van der Waals surface area contributed by atoms with Crippen molar-refractivity contribution in [3.05, 3.63) is 78.5 Å². The SMILES string of the molecule is COc1cc2c(Oc3ccc(Nc4ccc(C(C)(C)C)cc4)cc3)ccnc2cc1OCCCCNCCO. The number of nitrogens with one attached hydrogen (secondary N) is 2. The maximum atomic E-state index is 8.83. The van der Waals surface area contributed by atoms with Crippen molar-refractivity contribution in [2.24, 2.45) is 0 Å². The van der Waals surface area contributed by atoms with Crippen LogP contribution < -0.4 is 24.8 Å². The number of nitrogens with zero attached hydrogens (tertiary/aromatic N) is 1. The van der Waals surface area contributed by atoms with E-state index in [2.05, 4.69) is 60.7 Å². The summed E-state index contributed by atoms with van der Waals surface area (Å²) in [4.78, 5) is 4.52. The van der Waals surface area contributed by atoms with Gasteiger partial charge in [0.2, 0.25) is 0 Å². The molecule has 7 heteroatoms. The van der Waals surface area contributed by atoms with Crippen molar-refractivity contribution >= 4 is 22.3 Å². The van der Waals surface area contributed by atoms with E-state index in [1.54, 1.807) is 13.3 Å². The number of methoxy groups -OCH3 is 1. The van der Waals surface area contributed by atoms with E-state index in [9.17, 15) is 0 Å². The predicted molar refractivity (Wildman–Crippen MR) is 158 cm³/mol. The second-order valence-corrected chi connectivity index (χ2v) is 10.4. The molecule has 0 bridgehead atoms. The number of ether oxygens (including phenoxy) is 3. The number of anilines is 2. The van der Waals surface area contributed by atoms with E-state index < -0.39 is 0 Å². The van der Waals surface area contributed by atoms with Crippen LogP contribution in [0.4, 0.5) is 11.4 Å². The van der Waals surface area contributed by atoms with Crippen LogP contribution in [0.2, 0.25) is 0 Å². The summed E-state index contributed by atoms with van der Waals surface area (Å²) in [7, 11) is 1.63. The Morgan fingerprint density at radius 1 is 0.821 bits per heavy atom. The first-order valence-corrected chi connectivity index (χ1v) is 13.4. The highest BCUT2D eigenvalue weighted by Gasteiger charge is 2.14. The lowest BCUT2D eigenvalue weighted by atomic mass is 9.87. The molecule has 0 saturated carbocycles. The van der Waals surface area contributed by atoms with Crippen LogP contribution in [0.15, 0.2) is 72.9 Å². The molecule has 3 N–H and O–H groups in total. The monoisotopic (exact) mass is 529 g/mol. The minimum Gasteiger partial charge on any atom is -0.493 e. The lowest BCUT2D eigenvalue weighted by Crippen LogP contribution is -2.19. The highest BCUT2D eigenvalue weighted by Crippen LogP contribution is 2.37. The van der Waals surface area contributed by atoms with Crippen LogP contribution in [0.3, 0.4) is 0 Å². The van der Waals surface area contributed by atoms with Crippen molar-refractivity contribution in [3.8, 4) is 23.0 Å². The van der Waals surface area contributed by atoms with Gasteiger partial charge >= 0.3 is 0 Å². The smallest absolute Gasteiger partial charge is 0.163 e. The van der Waals surface area contributed by atoms with Crippen molar-refractivity contribution in [2.75, 3.05) is 38.7 Å². The largest absolute Gasteiger partial charge is 0.493 e. The number of aromatic nitrogens is 1. The second-order valence-electron chi connectivity index (χ2n) is 10.4. The van der Waals surface area contributed by atoms with Crippen LogP contribution in [0.5, 0.6) is 23.0 Å². The van der Waals surface area contributed by atoms with Gasteiger partial charge in [-0.15, -0.1) is 0 Å². The topological polar surface area (TPSA) is 84.9 Å². The molecule has 7 nitrogen and oxygen atoms in total. The summed E-state index contributed by atoms with van der Waals surface area (Å²) in [6.45, 7) is 8.83. The highest BCUT2D eigenvalue weighted by atomic mass is 16.5. The fraction of sp³-hybridized carbons (Fsp3) is 0.344. The lowest BCUT2D eigenvalue weighted by molar-refractivity contribution is 0.279. The van der Waals surface area contributed by atoms with E-state index in [4.69, 9.17) is 19.3 Å². The summed E-state index contributed by atoms with van der Waals surface area (Å²) in [5, 5.41) is 16.3. The Morgan fingerprint density at radius 2 is 1.54 bits per heavy atom. The molecule has 0 fully saturated rings. The highest BCUT2D eigenvalue weighted by molar-refractivity contribution is 5.88. The van der Waals surface area contributed by atoms with Crippen LogP contribution in [-0.2, 0) is 5.41 Å².